The lowest BCUT2D eigenvalue weighted by molar-refractivity contribution is -0.144. The molecule has 1 aliphatic carbocycles. The van der Waals surface area contributed by atoms with Crippen molar-refractivity contribution in [3.63, 3.8) is 0 Å². The molecule has 0 radical (unpaired) electrons. The zero-order valence-corrected chi connectivity index (χ0v) is 14.7. The molecule has 0 spiro atoms. The second-order valence-electron chi connectivity index (χ2n) is 6.39. The molecule has 0 unspecified atom stereocenters. The molecule has 1 saturated carbocycles. The van der Waals surface area contributed by atoms with Crippen molar-refractivity contribution < 1.29 is 9.53 Å². The molecule has 2 aromatic rings. The van der Waals surface area contributed by atoms with Crippen molar-refractivity contribution in [3.05, 3.63) is 35.5 Å². The van der Waals surface area contributed by atoms with Crippen LogP contribution < -0.4 is 5.32 Å². The van der Waals surface area contributed by atoms with E-state index < -0.39 is 0 Å². The lowest BCUT2D eigenvalue weighted by Crippen LogP contribution is -2.27. The summed E-state index contributed by atoms with van der Waals surface area (Å²) < 4.78 is 5.05. The molecule has 1 aliphatic rings. The summed E-state index contributed by atoms with van der Waals surface area (Å²) in [5, 5.41) is 5.44. The van der Waals surface area contributed by atoms with Crippen molar-refractivity contribution >= 4 is 34.2 Å². The molecule has 1 N–H and O–H groups in total. The van der Waals surface area contributed by atoms with Gasteiger partial charge in [-0.15, -0.1) is 0 Å². The van der Waals surface area contributed by atoms with Crippen LogP contribution in [0.2, 0.25) is 5.02 Å². The van der Waals surface area contributed by atoms with Gasteiger partial charge in [0.2, 0.25) is 0 Å². The molecule has 3 rings (SSSR count). The maximum absolute atomic E-state index is 11.6. The first-order chi connectivity index (χ1) is 11.7. The fourth-order valence-electron chi connectivity index (χ4n) is 3.43. The van der Waals surface area contributed by atoms with Crippen LogP contribution in [-0.4, -0.2) is 23.6 Å². The van der Waals surface area contributed by atoms with Gasteiger partial charge in [0.25, 0.3) is 0 Å². The summed E-state index contributed by atoms with van der Waals surface area (Å²) in [6, 6.07) is 8.25. The van der Waals surface area contributed by atoms with E-state index in [0.717, 1.165) is 42.3 Å². The number of ether oxygens (including phenoxy) is 1. The summed E-state index contributed by atoms with van der Waals surface area (Å²) in [5.41, 5.74) is 2.01. The molecule has 5 heteroatoms. The Morgan fingerprint density at radius 3 is 2.83 bits per heavy atom. The SMILES string of the molecule is CCOC(=O)CC1CCC(Nc2ccnc3cc(Cl)ccc23)CC1. The minimum absolute atomic E-state index is 0.0640. The largest absolute Gasteiger partial charge is 0.466 e. The van der Waals surface area contributed by atoms with E-state index in [4.69, 9.17) is 16.3 Å². The van der Waals surface area contributed by atoms with Gasteiger partial charge in [0, 0.05) is 34.8 Å². The number of rotatable bonds is 5. The molecular weight excluding hydrogens is 324 g/mol. The van der Waals surface area contributed by atoms with E-state index in [0.29, 0.717) is 30.0 Å². The highest BCUT2D eigenvalue weighted by atomic mass is 35.5. The molecule has 128 valence electrons. The summed E-state index contributed by atoms with van der Waals surface area (Å²) >= 11 is 6.04. The predicted octanol–water partition coefficient (Wildman–Crippen LogP) is 4.81. The Kier molecular flexibility index (Phi) is 5.56. The highest BCUT2D eigenvalue weighted by molar-refractivity contribution is 6.31. The number of carbonyl (C=O) groups excluding carboxylic acids is 1. The zero-order valence-electron chi connectivity index (χ0n) is 13.9. The Bertz CT molecular complexity index is 712. The first-order valence-electron chi connectivity index (χ1n) is 8.62. The van der Waals surface area contributed by atoms with Crippen LogP contribution in [0.4, 0.5) is 5.69 Å². The highest BCUT2D eigenvalue weighted by Crippen LogP contribution is 2.31. The molecule has 0 saturated heterocycles. The average molecular weight is 347 g/mol. The smallest absolute Gasteiger partial charge is 0.306 e. The monoisotopic (exact) mass is 346 g/mol. The number of pyridine rings is 1. The number of halogens is 1. The van der Waals surface area contributed by atoms with Gasteiger partial charge in [0.05, 0.1) is 12.1 Å². The lowest BCUT2D eigenvalue weighted by Gasteiger charge is -2.29. The number of aromatic nitrogens is 1. The standard InChI is InChI=1S/C19H23ClN2O2/c1-2-24-19(23)11-13-3-6-15(7-4-13)22-17-9-10-21-18-12-14(20)5-8-16(17)18/h5,8-10,12-13,15H,2-4,6-7,11H2,1H3,(H,21,22). The summed E-state index contributed by atoms with van der Waals surface area (Å²) in [6.45, 7) is 2.32. The fraction of sp³-hybridized carbons (Fsp3) is 0.474. The van der Waals surface area contributed by atoms with E-state index in [1.165, 1.54) is 0 Å². The van der Waals surface area contributed by atoms with Crippen LogP contribution in [-0.2, 0) is 9.53 Å². The number of carbonyl (C=O) groups is 1. The second kappa shape index (κ2) is 7.84. The Balaban J connectivity index is 1.59. The van der Waals surface area contributed by atoms with Crippen molar-refractivity contribution in [2.24, 2.45) is 5.92 Å². The van der Waals surface area contributed by atoms with Gasteiger partial charge in [-0.25, -0.2) is 0 Å². The van der Waals surface area contributed by atoms with Crippen molar-refractivity contribution in [1.82, 2.24) is 4.98 Å². The van der Waals surface area contributed by atoms with E-state index >= 15 is 0 Å². The molecular formula is C19H23ClN2O2. The van der Waals surface area contributed by atoms with Gasteiger partial charge in [0.1, 0.15) is 0 Å². The second-order valence-corrected chi connectivity index (χ2v) is 6.83. The molecule has 0 bridgehead atoms. The number of hydrogen-bond donors (Lipinski definition) is 1. The summed E-state index contributed by atoms with van der Waals surface area (Å²) in [4.78, 5) is 16.0. The fourth-order valence-corrected chi connectivity index (χ4v) is 3.60. The predicted molar refractivity (Wildman–Crippen MR) is 97.4 cm³/mol. The van der Waals surface area contributed by atoms with Gasteiger partial charge in [-0.2, -0.15) is 0 Å². The number of nitrogens with zero attached hydrogens (tertiary/aromatic N) is 1. The maximum atomic E-state index is 11.6. The van der Waals surface area contributed by atoms with Crippen molar-refractivity contribution in [2.45, 2.75) is 45.1 Å². The lowest BCUT2D eigenvalue weighted by atomic mass is 9.84. The van der Waals surface area contributed by atoms with Gasteiger partial charge in [-0.05, 0) is 62.8 Å². The molecule has 4 nitrogen and oxygen atoms in total. The van der Waals surface area contributed by atoms with Crippen LogP contribution in [0.3, 0.4) is 0 Å². The molecule has 0 atom stereocenters. The van der Waals surface area contributed by atoms with Crippen LogP contribution >= 0.6 is 11.6 Å². The van der Waals surface area contributed by atoms with Crippen molar-refractivity contribution in [2.75, 3.05) is 11.9 Å². The van der Waals surface area contributed by atoms with Crippen LogP contribution in [0.1, 0.15) is 39.0 Å². The van der Waals surface area contributed by atoms with Gasteiger partial charge in [-0.1, -0.05) is 11.6 Å². The first kappa shape index (κ1) is 17.0. The third-order valence-corrected chi connectivity index (χ3v) is 4.91. The average Bonchev–Trinajstić information content (AvgIpc) is 2.57. The maximum Gasteiger partial charge on any atom is 0.306 e. The minimum atomic E-state index is -0.0640. The van der Waals surface area contributed by atoms with E-state index in [2.05, 4.69) is 10.3 Å². The van der Waals surface area contributed by atoms with Crippen LogP contribution in [0.25, 0.3) is 10.9 Å². The Morgan fingerprint density at radius 1 is 1.29 bits per heavy atom. The molecule has 1 heterocycles. The number of benzene rings is 1. The van der Waals surface area contributed by atoms with Gasteiger partial charge in [-0.3, -0.25) is 9.78 Å². The Labute approximate surface area is 147 Å². The van der Waals surface area contributed by atoms with E-state index in [-0.39, 0.29) is 5.97 Å². The quantitative estimate of drug-likeness (QED) is 0.789. The van der Waals surface area contributed by atoms with Crippen LogP contribution in [0.5, 0.6) is 0 Å². The highest BCUT2D eigenvalue weighted by Gasteiger charge is 2.23. The zero-order chi connectivity index (χ0) is 16.9. The Hall–Kier alpha value is -1.81. The van der Waals surface area contributed by atoms with Crippen LogP contribution in [0, 0.1) is 5.92 Å². The minimum Gasteiger partial charge on any atom is -0.466 e. The summed E-state index contributed by atoms with van der Waals surface area (Å²) in [6.07, 6.45) is 6.63. The first-order valence-corrected chi connectivity index (χ1v) is 9.00. The van der Waals surface area contributed by atoms with Crippen LogP contribution in [0.15, 0.2) is 30.5 Å². The third kappa shape index (κ3) is 4.18. The number of esters is 1. The van der Waals surface area contributed by atoms with Gasteiger partial charge >= 0.3 is 5.97 Å². The number of hydrogen-bond acceptors (Lipinski definition) is 4. The Morgan fingerprint density at radius 2 is 2.08 bits per heavy atom. The number of fused-ring (bicyclic) bond motifs is 1. The van der Waals surface area contributed by atoms with Gasteiger partial charge < -0.3 is 10.1 Å². The van der Waals surface area contributed by atoms with E-state index in [1.807, 2.05) is 37.4 Å². The third-order valence-electron chi connectivity index (χ3n) is 4.67. The molecule has 1 aromatic carbocycles. The van der Waals surface area contributed by atoms with Crippen molar-refractivity contribution in [3.8, 4) is 0 Å². The molecule has 0 aliphatic heterocycles. The number of anilines is 1. The number of nitrogens with one attached hydrogen (secondary N) is 1. The normalized spacial score (nSPS) is 20.8. The van der Waals surface area contributed by atoms with Gasteiger partial charge in [0.15, 0.2) is 0 Å². The van der Waals surface area contributed by atoms with Crippen molar-refractivity contribution in [1.29, 1.82) is 0 Å². The summed E-state index contributed by atoms with van der Waals surface area (Å²) in [5.74, 6) is 0.390. The van der Waals surface area contributed by atoms with E-state index in [9.17, 15) is 4.79 Å². The molecule has 24 heavy (non-hydrogen) atoms. The molecule has 1 fully saturated rings. The topological polar surface area (TPSA) is 51.2 Å². The molecule has 1 aromatic heterocycles. The molecule has 0 amide bonds. The summed E-state index contributed by atoms with van der Waals surface area (Å²) in [7, 11) is 0. The van der Waals surface area contributed by atoms with E-state index in [1.54, 1.807) is 0 Å².